The summed E-state index contributed by atoms with van der Waals surface area (Å²) in [6, 6.07) is 12.1. The van der Waals surface area contributed by atoms with Gasteiger partial charge in [-0.1, -0.05) is 37.3 Å². The average Bonchev–Trinajstić information content (AvgIpc) is 3.22. The number of anilines is 1. The third-order valence-corrected chi connectivity index (χ3v) is 7.40. The van der Waals surface area contributed by atoms with Gasteiger partial charge in [-0.2, -0.15) is 0 Å². The number of aliphatic carboxylic acids is 1. The van der Waals surface area contributed by atoms with E-state index in [1.54, 1.807) is 0 Å². The monoisotopic (exact) mass is 435 g/mol. The molecule has 2 N–H and O–H groups in total. The molecule has 1 aromatic carbocycles. The fourth-order valence-electron chi connectivity index (χ4n) is 5.76. The number of ether oxygens (including phenoxy) is 1. The molecule has 4 heterocycles. The number of hydrogen-bond acceptors (Lipinski definition) is 5. The van der Waals surface area contributed by atoms with Crippen LogP contribution < -0.4 is 5.32 Å². The van der Waals surface area contributed by atoms with E-state index >= 15 is 0 Å². The summed E-state index contributed by atoms with van der Waals surface area (Å²) < 4.78 is 6.23. The Morgan fingerprint density at radius 1 is 1.22 bits per heavy atom. The molecule has 170 valence electrons. The lowest BCUT2D eigenvalue weighted by atomic mass is 9.81. The first-order chi connectivity index (χ1) is 15.6. The minimum atomic E-state index is -0.762. The maximum absolute atomic E-state index is 12.1. The predicted octanol–water partition coefficient (Wildman–Crippen LogP) is 4.16. The lowest BCUT2D eigenvalue weighted by Crippen LogP contribution is -2.44. The molecular formula is C26H33N3O3. The summed E-state index contributed by atoms with van der Waals surface area (Å²) in [4.78, 5) is 19.0. The van der Waals surface area contributed by atoms with Gasteiger partial charge in [0.25, 0.3) is 0 Å². The summed E-state index contributed by atoms with van der Waals surface area (Å²) >= 11 is 0. The number of pyridine rings is 1. The van der Waals surface area contributed by atoms with E-state index in [4.69, 9.17) is 9.72 Å². The smallest absolute Gasteiger partial charge is 0.325 e. The molecule has 3 aliphatic rings. The minimum Gasteiger partial charge on any atom is -0.480 e. The maximum Gasteiger partial charge on any atom is 0.325 e. The zero-order valence-electron chi connectivity index (χ0n) is 18.8. The molecule has 0 bridgehead atoms. The van der Waals surface area contributed by atoms with Gasteiger partial charge in [-0.25, -0.2) is 4.98 Å². The Morgan fingerprint density at radius 2 is 2.06 bits per heavy atom. The van der Waals surface area contributed by atoms with Crippen molar-refractivity contribution in [2.45, 2.75) is 69.6 Å². The van der Waals surface area contributed by atoms with E-state index < -0.39 is 12.0 Å². The van der Waals surface area contributed by atoms with E-state index in [-0.39, 0.29) is 12.1 Å². The highest BCUT2D eigenvalue weighted by Gasteiger charge is 2.47. The number of carbonyl (C=O) groups is 1. The van der Waals surface area contributed by atoms with E-state index in [9.17, 15) is 9.90 Å². The number of rotatable bonds is 7. The first kappa shape index (κ1) is 21.4. The van der Waals surface area contributed by atoms with E-state index in [0.717, 1.165) is 55.7 Å². The Kier molecular flexibility index (Phi) is 6.15. The summed E-state index contributed by atoms with van der Waals surface area (Å²) in [5.41, 5.74) is 4.59. The Labute approximate surface area is 190 Å². The molecule has 2 unspecified atom stereocenters. The number of aromatic nitrogens is 1. The highest BCUT2D eigenvalue weighted by atomic mass is 16.5. The largest absolute Gasteiger partial charge is 0.480 e. The van der Waals surface area contributed by atoms with Crippen molar-refractivity contribution in [1.29, 1.82) is 0 Å². The zero-order chi connectivity index (χ0) is 22.1. The molecule has 0 spiro atoms. The number of hydrogen-bond donors (Lipinski definition) is 2. The molecule has 0 saturated carbocycles. The van der Waals surface area contributed by atoms with Crippen LogP contribution in [-0.4, -0.2) is 52.8 Å². The third kappa shape index (κ3) is 4.14. The normalized spacial score (nSPS) is 26.7. The molecule has 4 atom stereocenters. The van der Waals surface area contributed by atoms with Crippen molar-refractivity contribution in [3.63, 3.8) is 0 Å². The molecule has 6 heteroatoms. The van der Waals surface area contributed by atoms with Crippen LogP contribution in [0.15, 0.2) is 36.4 Å². The van der Waals surface area contributed by atoms with Gasteiger partial charge in [0.2, 0.25) is 0 Å². The van der Waals surface area contributed by atoms with Crippen molar-refractivity contribution >= 4 is 11.8 Å². The van der Waals surface area contributed by atoms with Crippen molar-refractivity contribution in [2.24, 2.45) is 0 Å². The van der Waals surface area contributed by atoms with Crippen molar-refractivity contribution in [2.75, 3.05) is 25.0 Å². The summed E-state index contributed by atoms with van der Waals surface area (Å²) in [7, 11) is 0. The summed E-state index contributed by atoms with van der Waals surface area (Å²) in [5, 5.41) is 13.3. The van der Waals surface area contributed by atoms with Gasteiger partial charge in [0.1, 0.15) is 11.9 Å². The van der Waals surface area contributed by atoms with Crippen LogP contribution in [0.25, 0.3) is 0 Å². The van der Waals surface area contributed by atoms with Crippen molar-refractivity contribution in [1.82, 2.24) is 9.88 Å². The minimum absolute atomic E-state index is 0.102. The molecule has 6 nitrogen and oxygen atoms in total. The van der Waals surface area contributed by atoms with Crippen LogP contribution in [0.1, 0.15) is 67.0 Å². The van der Waals surface area contributed by atoms with Gasteiger partial charge < -0.3 is 15.2 Å². The lowest BCUT2D eigenvalue weighted by Gasteiger charge is -2.40. The van der Waals surface area contributed by atoms with Gasteiger partial charge in [-0.15, -0.1) is 0 Å². The highest BCUT2D eigenvalue weighted by molar-refractivity contribution is 5.77. The van der Waals surface area contributed by atoms with E-state index in [2.05, 4.69) is 35.3 Å². The molecule has 2 aromatic rings. The van der Waals surface area contributed by atoms with Gasteiger partial charge >= 0.3 is 5.97 Å². The quantitative estimate of drug-likeness (QED) is 0.636. The Balaban J connectivity index is 1.13. The maximum atomic E-state index is 12.1. The summed E-state index contributed by atoms with van der Waals surface area (Å²) in [5.74, 6) is 0.622. The SMILES string of the molecule is CC1c2ccccc2[C@@H](C(=O)O)N2C[C@H](OCCCCc3ccc4c(n3)NCCC4)CC12. The molecule has 0 aliphatic carbocycles. The fraction of sp³-hybridized carbons (Fsp3) is 0.538. The van der Waals surface area contributed by atoms with Crippen LogP contribution in [0.5, 0.6) is 0 Å². The first-order valence-corrected chi connectivity index (χ1v) is 12.0. The first-order valence-electron chi connectivity index (χ1n) is 12.0. The second-order valence-electron chi connectivity index (χ2n) is 9.45. The summed E-state index contributed by atoms with van der Waals surface area (Å²) in [6.07, 6.45) is 6.31. The lowest BCUT2D eigenvalue weighted by molar-refractivity contribution is -0.144. The third-order valence-electron chi connectivity index (χ3n) is 7.40. The van der Waals surface area contributed by atoms with Crippen molar-refractivity contribution in [3.05, 3.63) is 58.8 Å². The van der Waals surface area contributed by atoms with E-state index in [0.29, 0.717) is 19.1 Å². The van der Waals surface area contributed by atoms with E-state index in [1.807, 2.05) is 18.2 Å². The number of unbranched alkanes of at least 4 members (excludes halogenated alkanes) is 1. The van der Waals surface area contributed by atoms with Crippen LogP contribution in [-0.2, 0) is 22.4 Å². The Bertz CT molecular complexity index is 979. The highest BCUT2D eigenvalue weighted by Crippen LogP contribution is 2.45. The molecule has 0 radical (unpaired) electrons. The van der Waals surface area contributed by atoms with Gasteiger partial charge in [0.05, 0.1) is 6.10 Å². The van der Waals surface area contributed by atoms with Crippen molar-refractivity contribution in [3.8, 4) is 0 Å². The zero-order valence-corrected chi connectivity index (χ0v) is 18.8. The van der Waals surface area contributed by atoms with Crippen LogP contribution in [0.3, 0.4) is 0 Å². The number of nitrogens with zero attached hydrogens (tertiary/aromatic N) is 2. The second kappa shape index (κ2) is 9.20. The number of carboxylic acid groups (broad SMARTS) is 1. The Morgan fingerprint density at radius 3 is 2.91 bits per heavy atom. The van der Waals surface area contributed by atoms with Gasteiger partial charge in [0.15, 0.2) is 0 Å². The molecule has 1 fully saturated rings. The number of fused-ring (bicyclic) bond motifs is 3. The molecule has 0 amide bonds. The molecule has 5 rings (SSSR count). The van der Waals surface area contributed by atoms with Crippen LogP contribution in [0.4, 0.5) is 5.82 Å². The summed E-state index contributed by atoms with van der Waals surface area (Å²) in [6.45, 7) is 4.65. The molecule has 1 aromatic heterocycles. The number of nitrogens with one attached hydrogen (secondary N) is 1. The average molecular weight is 436 g/mol. The molecule has 32 heavy (non-hydrogen) atoms. The molecule has 3 aliphatic heterocycles. The van der Waals surface area contributed by atoms with Gasteiger partial charge in [-0.3, -0.25) is 9.69 Å². The van der Waals surface area contributed by atoms with E-state index in [1.165, 1.54) is 17.5 Å². The van der Waals surface area contributed by atoms with Crippen LogP contribution in [0, 0.1) is 0 Å². The number of benzene rings is 1. The van der Waals surface area contributed by atoms with Crippen LogP contribution >= 0.6 is 0 Å². The fourth-order valence-corrected chi connectivity index (χ4v) is 5.76. The van der Waals surface area contributed by atoms with Crippen LogP contribution in [0.2, 0.25) is 0 Å². The van der Waals surface area contributed by atoms with Crippen molar-refractivity contribution < 1.29 is 14.6 Å². The number of carboxylic acids is 1. The predicted molar refractivity (Wildman–Crippen MR) is 124 cm³/mol. The van der Waals surface area contributed by atoms with Gasteiger partial charge in [0, 0.05) is 31.4 Å². The number of aryl methyl sites for hydroxylation is 2. The standard InChI is InChI=1S/C26H33N3O3/c1-17-21-9-2-3-10-22(21)24(26(30)31)29-16-20(15-23(17)29)32-14-5-4-8-19-12-11-18-7-6-13-27-25(18)28-19/h2-3,9-12,17,20,23-24H,4-8,13-16H2,1H3,(H,27,28)(H,30,31)/t17?,20-,23?,24+/m1/s1. The molecular weight excluding hydrogens is 402 g/mol. The Hall–Kier alpha value is -2.44. The van der Waals surface area contributed by atoms with Gasteiger partial charge in [-0.05, 0) is 67.2 Å². The second-order valence-corrected chi connectivity index (χ2v) is 9.45. The topological polar surface area (TPSA) is 74.7 Å². The molecule has 1 saturated heterocycles.